The molecule has 1 unspecified atom stereocenters. The molecule has 0 fully saturated rings. The van der Waals surface area contributed by atoms with Gasteiger partial charge in [-0.05, 0) is 29.5 Å². The SMILES string of the molecule is CC(I)C(F)(F)I. The normalized spacial score (nSPS) is 16.7. The Morgan fingerprint density at radius 1 is 1.57 bits per heavy atom. The van der Waals surface area contributed by atoms with E-state index in [1.54, 1.807) is 22.6 Å². The summed E-state index contributed by atoms with van der Waals surface area (Å²) in [5, 5.41) is 0. The quantitative estimate of drug-likeness (QED) is 0.512. The molecule has 0 aromatic rings. The summed E-state index contributed by atoms with van der Waals surface area (Å²) in [7, 11) is 0. The number of alkyl halides is 4. The predicted molar refractivity (Wildman–Crippen MR) is 42.4 cm³/mol. The highest BCUT2D eigenvalue weighted by Gasteiger charge is 2.29. The average molecular weight is 332 g/mol. The van der Waals surface area contributed by atoms with E-state index in [-0.39, 0.29) is 0 Å². The zero-order chi connectivity index (χ0) is 6.08. The van der Waals surface area contributed by atoms with Crippen LogP contribution in [0.5, 0.6) is 0 Å². The van der Waals surface area contributed by atoms with Gasteiger partial charge in [-0.2, -0.15) is 8.78 Å². The second-order valence-corrected chi connectivity index (χ2v) is 4.46. The fourth-order valence-electron chi connectivity index (χ4n) is 0. The lowest BCUT2D eigenvalue weighted by molar-refractivity contribution is 0.134. The molecule has 0 aliphatic carbocycles. The Balaban J connectivity index is 3.54. The Hall–Kier alpha value is 1.32. The summed E-state index contributed by atoms with van der Waals surface area (Å²) < 4.78 is 20.5. The van der Waals surface area contributed by atoms with E-state index in [9.17, 15) is 8.78 Å². The minimum Gasteiger partial charge on any atom is -0.194 e. The molecule has 0 rings (SSSR count). The first-order chi connectivity index (χ1) is 2.94. The van der Waals surface area contributed by atoms with Crippen LogP contribution in [0, 0.1) is 0 Å². The molecule has 0 radical (unpaired) electrons. The maximum absolute atomic E-state index is 11.8. The predicted octanol–water partition coefficient (Wildman–Crippen LogP) is 2.84. The Morgan fingerprint density at radius 3 is 1.71 bits per heavy atom. The minimum atomic E-state index is -2.54. The first-order valence-electron chi connectivity index (χ1n) is 1.65. The van der Waals surface area contributed by atoms with Gasteiger partial charge in [-0.15, -0.1) is 0 Å². The third-order valence-corrected chi connectivity index (χ3v) is 3.36. The second-order valence-electron chi connectivity index (χ2n) is 1.16. The van der Waals surface area contributed by atoms with Crippen LogP contribution >= 0.6 is 45.2 Å². The van der Waals surface area contributed by atoms with Gasteiger partial charge in [0.15, 0.2) is 0 Å². The summed E-state index contributed by atoms with van der Waals surface area (Å²) in [5.41, 5.74) is 0. The van der Waals surface area contributed by atoms with Crippen molar-refractivity contribution < 1.29 is 8.78 Å². The Labute approximate surface area is 68.3 Å². The molecule has 0 nitrogen and oxygen atoms in total. The van der Waals surface area contributed by atoms with Crippen LogP contribution in [0.4, 0.5) is 8.78 Å². The van der Waals surface area contributed by atoms with Crippen molar-refractivity contribution in [1.82, 2.24) is 0 Å². The smallest absolute Gasteiger partial charge is 0.194 e. The lowest BCUT2D eigenvalue weighted by Crippen LogP contribution is -2.15. The van der Waals surface area contributed by atoms with Gasteiger partial charge in [0.1, 0.15) is 0 Å². The number of rotatable bonds is 1. The molecule has 0 aliphatic rings. The summed E-state index contributed by atoms with van der Waals surface area (Å²) >= 11 is 2.82. The van der Waals surface area contributed by atoms with Crippen LogP contribution in [0.2, 0.25) is 0 Å². The number of hydrogen-bond donors (Lipinski definition) is 0. The van der Waals surface area contributed by atoms with Gasteiger partial charge in [0.2, 0.25) is 0 Å². The molecule has 7 heavy (non-hydrogen) atoms. The molecule has 4 heteroatoms. The van der Waals surface area contributed by atoms with E-state index in [0.29, 0.717) is 0 Å². The van der Waals surface area contributed by atoms with Crippen molar-refractivity contribution in [3.05, 3.63) is 0 Å². The molecule has 0 saturated carbocycles. The molecular weight excluding hydrogens is 328 g/mol. The fraction of sp³-hybridized carbons (Fsp3) is 1.00. The summed E-state index contributed by atoms with van der Waals surface area (Å²) in [5.74, 6) is 0. The molecule has 0 amide bonds. The molecular formula is C3H4F2I2. The van der Waals surface area contributed by atoms with Gasteiger partial charge in [-0.1, -0.05) is 22.6 Å². The molecule has 44 valence electrons. The van der Waals surface area contributed by atoms with Gasteiger partial charge in [0.05, 0.1) is 3.92 Å². The lowest BCUT2D eigenvalue weighted by atomic mass is 10.5. The van der Waals surface area contributed by atoms with Crippen LogP contribution in [0.3, 0.4) is 0 Å². The first-order valence-corrected chi connectivity index (χ1v) is 3.98. The van der Waals surface area contributed by atoms with E-state index in [1.165, 1.54) is 6.92 Å². The standard InChI is InChI=1S/C3H4F2I2/c1-2(6)3(4,5)7/h2H,1H3. The van der Waals surface area contributed by atoms with Crippen LogP contribution in [0.15, 0.2) is 0 Å². The van der Waals surface area contributed by atoms with Crippen molar-refractivity contribution in [1.29, 1.82) is 0 Å². The molecule has 0 aromatic heterocycles. The van der Waals surface area contributed by atoms with Crippen LogP contribution in [0.1, 0.15) is 6.92 Å². The van der Waals surface area contributed by atoms with E-state index < -0.39 is 7.85 Å². The number of hydrogen-bond acceptors (Lipinski definition) is 0. The van der Waals surface area contributed by atoms with Crippen molar-refractivity contribution in [2.75, 3.05) is 0 Å². The van der Waals surface area contributed by atoms with Crippen LogP contribution in [-0.2, 0) is 0 Å². The van der Waals surface area contributed by atoms with Gasteiger partial charge in [0, 0.05) is 0 Å². The Bertz CT molecular complexity index is 56.4. The molecule has 0 aromatic carbocycles. The monoisotopic (exact) mass is 332 g/mol. The first kappa shape index (κ1) is 8.32. The van der Waals surface area contributed by atoms with E-state index in [4.69, 9.17) is 0 Å². The van der Waals surface area contributed by atoms with Gasteiger partial charge in [0.25, 0.3) is 0 Å². The van der Waals surface area contributed by atoms with E-state index in [1.807, 2.05) is 0 Å². The third kappa shape index (κ3) is 3.87. The minimum absolute atomic E-state index is 0.578. The summed E-state index contributed by atoms with van der Waals surface area (Å²) in [6, 6.07) is 0. The summed E-state index contributed by atoms with van der Waals surface area (Å²) in [6.45, 7) is 1.48. The topological polar surface area (TPSA) is 0 Å². The molecule has 1 atom stereocenters. The molecule has 0 bridgehead atoms. The third-order valence-electron chi connectivity index (χ3n) is 0.451. The van der Waals surface area contributed by atoms with Crippen molar-refractivity contribution >= 4 is 45.2 Å². The van der Waals surface area contributed by atoms with Gasteiger partial charge < -0.3 is 0 Å². The van der Waals surface area contributed by atoms with E-state index in [2.05, 4.69) is 0 Å². The van der Waals surface area contributed by atoms with Crippen LogP contribution in [-0.4, -0.2) is 7.85 Å². The zero-order valence-corrected chi connectivity index (χ0v) is 7.90. The molecule has 0 heterocycles. The number of halogens is 4. The second kappa shape index (κ2) is 2.75. The average Bonchev–Trinajstić information content (AvgIpc) is 1.31. The molecule has 0 spiro atoms. The summed E-state index contributed by atoms with van der Waals surface area (Å²) in [4.78, 5) is 0. The highest BCUT2D eigenvalue weighted by Crippen LogP contribution is 2.31. The van der Waals surface area contributed by atoms with Crippen molar-refractivity contribution in [2.24, 2.45) is 0 Å². The van der Waals surface area contributed by atoms with Crippen molar-refractivity contribution in [3.63, 3.8) is 0 Å². The Morgan fingerprint density at radius 2 is 1.71 bits per heavy atom. The molecule has 0 aliphatic heterocycles. The van der Waals surface area contributed by atoms with Gasteiger partial charge >= 0.3 is 3.93 Å². The Kier molecular flexibility index (Phi) is 3.26. The maximum Gasteiger partial charge on any atom is 0.307 e. The van der Waals surface area contributed by atoms with Crippen molar-refractivity contribution in [3.8, 4) is 0 Å². The van der Waals surface area contributed by atoms with Crippen LogP contribution in [0.25, 0.3) is 0 Å². The lowest BCUT2D eigenvalue weighted by Gasteiger charge is -2.08. The van der Waals surface area contributed by atoms with E-state index in [0.717, 1.165) is 22.6 Å². The zero-order valence-electron chi connectivity index (χ0n) is 3.59. The van der Waals surface area contributed by atoms with Gasteiger partial charge in [-0.3, -0.25) is 0 Å². The highest BCUT2D eigenvalue weighted by molar-refractivity contribution is 14.1. The van der Waals surface area contributed by atoms with Crippen LogP contribution < -0.4 is 0 Å². The highest BCUT2D eigenvalue weighted by atomic mass is 127. The van der Waals surface area contributed by atoms with E-state index >= 15 is 0 Å². The summed E-state index contributed by atoms with van der Waals surface area (Å²) in [6.07, 6.45) is 0. The fourth-order valence-corrected chi connectivity index (χ4v) is 0. The largest absolute Gasteiger partial charge is 0.307 e. The molecule has 0 N–H and O–H groups in total. The molecule has 0 saturated heterocycles. The maximum atomic E-state index is 11.8. The van der Waals surface area contributed by atoms with Gasteiger partial charge in [-0.25, -0.2) is 0 Å². The van der Waals surface area contributed by atoms with Crippen molar-refractivity contribution in [2.45, 2.75) is 14.8 Å².